The van der Waals surface area contributed by atoms with Crippen LogP contribution in [-0.4, -0.2) is 34.2 Å². The lowest BCUT2D eigenvalue weighted by molar-refractivity contribution is 0.350. The summed E-state index contributed by atoms with van der Waals surface area (Å²) < 4.78 is 52.5. The van der Waals surface area contributed by atoms with E-state index in [1.165, 1.54) is 14.2 Å². The lowest BCUT2D eigenvalue weighted by atomic mass is 10.3. The molecule has 6 nitrogen and oxygen atoms in total. The van der Waals surface area contributed by atoms with E-state index in [9.17, 15) is 12.8 Å². The van der Waals surface area contributed by atoms with Gasteiger partial charge in [0.05, 0.1) is 29.4 Å². The number of halogens is 1. The number of methoxy groups -OCH3 is 2. The minimum atomic E-state index is -4.01. The molecule has 27 heavy (non-hydrogen) atoms. The molecule has 0 bridgehead atoms. The van der Waals surface area contributed by atoms with Crippen LogP contribution in [0.25, 0.3) is 10.2 Å². The summed E-state index contributed by atoms with van der Waals surface area (Å²) in [4.78, 5) is 4.04. The second kappa shape index (κ2) is 8.20. The third kappa shape index (κ3) is 4.37. The van der Waals surface area contributed by atoms with Crippen LogP contribution in [0.4, 0.5) is 4.39 Å². The predicted molar refractivity (Wildman–Crippen MR) is 103 cm³/mol. The molecule has 0 fully saturated rings. The second-order valence-corrected chi connectivity index (χ2v) is 8.56. The molecule has 1 heterocycles. The Morgan fingerprint density at radius 2 is 1.85 bits per heavy atom. The van der Waals surface area contributed by atoms with Crippen LogP contribution < -0.4 is 14.2 Å². The van der Waals surface area contributed by atoms with Gasteiger partial charge in [-0.3, -0.25) is 0 Å². The quantitative estimate of drug-likeness (QED) is 0.576. The van der Waals surface area contributed by atoms with Crippen molar-refractivity contribution in [2.45, 2.75) is 17.7 Å². The molecule has 3 aromatic rings. The van der Waals surface area contributed by atoms with Crippen LogP contribution in [0, 0.1) is 5.82 Å². The molecular formula is C18H19FN2O4S2. The maximum Gasteiger partial charge on any atom is 0.243 e. The molecule has 0 unspecified atom stereocenters. The highest BCUT2D eigenvalue weighted by atomic mass is 32.2. The van der Waals surface area contributed by atoms with Crippen molar-refractivity contribution < 1.29 is 22.3 Å². The van der Waals surface area contributed by atoms with Gasteiger partial charge >= 0.3 is 0 Å². The molecule has 0 aliphatic carbocycles. The van der Waals surface area contributed by atoms with E-state index in [2.05, 4.69) is 9.71 Å². The molecule has 3 rings (SSSR count). The summed E-state index contributed by atoms with van der Waals surface area (Å²) in [7, 11) is -1.29. The number of sulfonamides is 1. The van der Waals surface area contributed by atoms with Crippen molar-refractivity contribution >= 4 is 31.6 Å². The summed E-state index contributed by atoms with van der Waals surface area (Å²) in [6, 6.07) is 9.93. The van der Waals surface area contributed by atoms with Gasteiger partial charge in [0.15, 0.2) is 11.5 Å². The molecule has 0 amide bonds. The van der Waals surface area contributed by atoms with Gasteiger partial charge < -0.3 is 9.47 Å². The van der Waals surface area contributed by atoms with Gasteiger partial charge in [0, 0.05) is 25.1 Å². The van der Waals surface area contributed by atoms with Crippen LogP contribution in [0.3, 0.4) is 0 Å². The summed E-state index contributed by atoms with van der Waals surface area (Å²) in [6.45, 7) is 0.173. The van der Waals surface area contributed by atoms with Gasteiger partial charge in [0.2, 0.25) is 10.0 Å². The van der Waals surface area contributed by atoms with Crippen molar-refractivity contribution in [1.29, 1.82) is 0 Å². The first-order chi connectivity index (χ1) is 12.9. The van der Waals surface area contributed by atoms with Crippen LogP contribution in [0.5, 0.6) is 11.5 Å². The zero-order valence-electron chi connectivity index (χ0n) is 14.9. The Bertz CT molecular complexity index is 1020. The zero-order chi connectivity index (χ0) is 19.4. The van der Waals surface area contributed by atoms with E-state index in [-0.39, 0.29) is 18.0 Å². The topological polar surface area (TPSA) is 77.5 Å². The van der Waals surface area contributed by atoms with Crippen molar-refractivity contribution in [2.75, 3.05) is 20.8 Å². The summed E-state index contributed by atoms with van der Waals surface area (Å²) in [5.74, 6) is -0.621. The summed E-state index contributed by atoms with van der Waals surface area (Å²) in [5.41, 5.74) is 0.936. The molecule has 9 heteroatoms. The van der Waals surface area contributed by atoms with E-state index < -0.39 is 20.7 Å². The lowest BCUT2D eigenvalue weighted by Gasteiger charge is -2.12. The van der Waals surface area contributed by atoms with E-state index >= 15 is 0 Å². The van der Waals surface area contributed by atoms with E-state index in [1.54, 1.807) is 11.3 Å². The Morgan fingerprint density at radius 3 is 2.56 bits per heavy atom. The standard InChI is InChI=1S/C18H19FN2O4S2/c1-24-14-10-12(19)17(11-15(14)25-2)27(22,23)20-9-5-8-18-21-13-6-3-4-7-16(13)26-18/h3-4,6-7,10-11,20H,5,8-9H2,1-2H3. The Morgan fingerprint density at radius 1 is 1.15 bits per heavy atom. The molecule has 1 aromatic heterocycles. The molecule has 0 radical (unpaired) electrons. The van der Waals surface area contributed by atoms with Crippen molar-refractivity contribution in [1.82, 2.24) is 9.71 Å². The average molecular weight is 410 g/mol. The molecule has 0 saturated carbocycles. The van der Waals surface area contributed by atoms with Crippen molar-refractivity contribution in [2.24, 2.45) is 0 Å². The number of fused-ring (bicyclic) bond motifs is 1. The fourth-order valence-corrected chi connectivity index (χ4v) is 4.75. The number of nitrogens with one attached hydrogen (secondary N) is 1. The molecule has 144 valence electrons. The third-order valence-electron chi connectivity index (χ3n) is 3.93. The molecule has 0 spiro atoms. The Kier molecular flexibility index (Phi) is 5.93. The third-order valence-corrected chi connectivity index (χ3v) is 6.50. The Hall–Kier alpha value is -2.23. The number of ether oxygens (including phenoxy) is 2. The van der Waals surface area contributed by atoms with Crippen molar-refractivity contribution in [3.8, 4) is 11.5 Å². The molecule has 0 saturated heterocycles. The SMILES string of the molecule is COc1cc(F)c(S(=O)(=O)NCCCc2nc3ccccc3s2)cc1OC. The van der Waals surface area contributed by atoms with Crippen molar-refractivity contribution in [3.63, 3.8) is 0 Å². The van der Waals surface area contributed by atoms with Gasteiger partial charge in [-0.1, -0.05) is 12.1 Å². The first-order valence-electron chi connectivity index (χ1n) is 8.20. The highest BCUT2D eigenvalue weighted by Gasteiger charge is 2.22. The smallest absolute Gasteiger partial charge is 0.243 e. The number of thiazole rings is 1. The highest BCUT2D eigenvalue weighted by molar-refractivity contribution is 7.89. The molecule has 0 aliphatic heterocycles. The van der Waals surface area contributed by atoms with Crippen LogP contribution in [0.15, 0.2) is 41.3 Å². The number of para-hydroxylation sites is 1. The number of aromatic nitrogens is 1. The van der Waals surface area contributed by atoms with Crippen LogP contribution in [0.1, 0.15) is 11.4 Å². The number of rotatable bonds is 8. The van der Waals surface area contributed by atoms with Crippen LogP contribution in [-0.2, 0) is 16.4 Å². The monoisotopic (exact) mass is 410 g/mol. The summed E-state index contributed by atoms with van der Waals surface area (Å²) >= 11 is 1.58. The van der Waals surface area contributed by atoms with Gasteiger partial charge in [-0.2, -0.15) is 0 Å². The number of nitrogens with zero attached hydrogens (tertiary/aromatic N) is 1. The minimum absolute atomic E-state index is 0.129. The van der Waals surface area contributed by atoms with Crippen LogP contribution >= 0.6 is 11.3 Å². The minimum Gasteiger partial charge on any atom is -0.493 e. The maximum absolute atomic E-state index is 14.2. The molecule has 0 atom stereocenters. The zero-order valence-corrected chi connectivity index (χ0v) is 16.5. The first kappa shape index (κ1) is 19.5. The molecular weight excluding hydrogens is 391 g/mol. The van der Waals surface area contributed by atoms with E-state index in [1.807, 2.05) is 24.3 Å². The number of aryl methyl sites for hydroxylation is 1. The maximum atomic E-state index is 14.2. The fraction of sp³-hybridized carbons (Fsp3) is 0.278. The van der Waals surface area contributed by atoms with Gasteiger partial charge in [0.25, 0.3) is 0 Å². The van der Waals surface area contributed by atoms with E-state index in [0.29, 0.717) is 12.8 Å². The number of hydrogen-bond acceptors (Lipinski definition) is 6. The Labute approximate surface area is 161 Å². The summed E-state index contributed by atoms with van der Waals surface area (Å²) in [6.07, 6.45) is 1.18. The van der Waals surface area contributed by atoms with Gasteiger partial charge in [-0.05, 0) is 18.6 Å². The summed E-state index contributed by atoms with van der Waals surface area (Å²) in [5, 5.41) is 0.938. The van der Waals surface area contributed by atoms with Crippen molar-refractivity contribution in [3.05, 3.63) is 47.2 Å². The van der Waals surface area contributed by atoms with Gasteiger partial charge in [-0.15, -0.1) is 11.3 Å². The number of benzene rings is 2. The normalized spacial score (nSPS) is 11.7. The second-order valence-electron chi connectivity index (χ2n) is 5.71. The molecule has 2 aromatic carbocycles. The predicted octanol–water partition coefficient (Wildman–Crippen LogP) is 3.36. The molecule has 0 aliphatic rings. The fourth-order valence-electron chi connectivity index (χ4n) is 2.59. The van der Waals surface area contributed by atoms with E-state index in [4.69, 9.17) is 9.47 Å². The van der Waals surface area contributed by atoms with Gasteiger partial charge in [0.1, 0.15) is 10.7 Å². The first-order valence-corrected chi connectivity index (χ1v) is 10.5. The van der Waals surface area contributed by atoms with Gasteiger partial charge in [-0.25, -0.2) is 22.5 Å². The number of hydrogen-bond donors (Lipinski definition) is 1. The highest BCUT2D eigenvalue weighted by Crippen LogP contribution is 2.31. The Balaban J connectivity index is 1.64. The van der Waals surface area contributed by atoms with Crippen LogP contribution in [0.2, 0.25) is 0 Å². The largest absolute Gasteiger partial charge is 0.493 e. The van der Waals surface area contributed by atoms with E-state index in [0.717, 1.165) is 27.4 Å². The lowest BCUT2D eigenvalue weighted by Crippen LogP contribution is -2.26. The average Bonchev–Trinajstić information content (AvgIpc) is 3.07. The molecule has 1 N–H and O–H groups in total.